The molecule has 2 aromatic rings. The van der Waals surface area contributed by atoms with Crippen LogP contribution in [0.4, 0.5) is 11.6 Å². The van der Waals surface area contributed by atoms with Crippen molar-refractivity contribution in [3.8, 4) is 5.75 Å². The Labute approximate surface area is 210 Å². The number of benzene rings is 1. The van der Waals surface area contributed by atoms with Crippen LogP contribution in [0.3, 0.4) is 0 Å². The highest BCUT2D eigenvalue weighted by Gasteiger charge is 2.64. The topological polar surface area (TPSA) is 88.8 Å². The molecule has 9 heteroatoms. The molecule has 8 nitrogen and oxygen atoms in total. The van der Waals surface area contributed by atoms with E-state index in [2.05, 4.69) is 47.8 Å². The molecule has 1 aromatic heterocycles. The highest BCUT2D eigenvalue weighted by atomic mass is 35.5. The van der Waals surface area contributed by atoms with Crippen molar-refractivity contribution in [1.82, 2.24) is 15.3 Å². The summed E-state index contributed by atoms with van der Waals surface area (Å²) in [5, 5.41) is 3.51. The lowest BCUT2D eigenvalue weighted by atomic mass is 9.49. The summed E-state index contributed by atoms with van der Waals surface area (Å²) in [6, 6.07) is 4.91. The minimum Gasteiger partial charge on any atom is -0.489 e. The van der Waals surface area contributed by atoms with E-state index in [1.54, 1.807) is 30.6 Å². The van der Waals surface area contributed by atoms with Crippen LogP contribution in [-0.2, 0) is 4.79 Å². The van der Waals surface area contributed by atoms with Gasteiger partial charge in [-0.15, -0.1) is 0 Å². The fraction of sp³-hybridized carbons (Fsp3) is 0.500. The van der Waals surface area contributed by atoms with Crippen molar-refractivity contribution in [2.24, 2.45) is 16.7 Å². The van der Waals surface area contributed by atoms with E-state index in [0.29, 0.717) is 40.3 Å². The zero-order chi connectivity index (χ0) is 25.4. The number of aldehydes is 1. The number of nitrogens with one attached hydrogen (secondary N) is 1. The Morgan fingerprint density at radius 1 is 1.29 bits per heavy atom. The number of amides is 1. The second-order valence-electron chi connectivity index (χ2n) is 10.5. The third kappa shape index (κ3) is 4.70. The van der Waals surface area contributed by atoms with Gasteiger partial charge in [-0.05, 0) is 24.5 Å². The number of nitrogens with zero attached hydrogens (tertiary/aromatic N) is 4. The van der Waals surface area contributed by atoms with Gasteiger partial charge in [0.25, 0.3) is 5.91 Å². The highest BCUT2D eigenvalue weighted by molar-refractivity contribution is 6.33. The molecule has 2 aliphatic rings. The van der Waals surface area contributed by atoms with Crippen LogP contribution < -0.4 is 15.0 Å². The van der Waals surface area contributed by atoms with Crippen LogP contribution in [0.5, 0.6) is 5.75 Å². The molecule has 1 atom stereocenters. The van der Waals surface area contributed by atoms with E-state index < -0.39 is 0 Å². The molecule has 35 heavy (non-hydrogen) atoms. The van der Waals surface area contributed by atoms with Crippen molar-refractivity contribution < 1.29 is 14.3 Å². The number of halogens is 1. The molecule has 2 fully saturated rings. The second-order valence-corrected chi connectivity index (χ2v) is 11.0. The van der Waals surface area contributed by atoms with Gasteiger partial charge in [0.2, 0.25) is 11.6 Å². The number of ether oxygens (including phenoxy) is 1. The van der Waals surface area contributed by atoms with Crippen LogP contribution in [-0.4, -0.2) is 47.4 Å². The van der Waals surface area contributed by atoms with Gasteiger partial charge in [0, 0.05) is 48.8 Å². The van der Waals surface area contributed by atoms with Gasteiger partial charge in [-0.25, -0.2) is 14.8 Å². The van der Waals surface area contributed by atoms with Crippen LogP contribution in [0.15, 0.2) is 30.6 Å². The average molecular weight is 496 g/mol. The Bertz CT molecular complexity index is 1140. The zero-order valence-corrected chi connectivity index (χ0v) is 21.2. The molecule has 1 saturated heterocycles. The molecule has 184 valence electrons. The normalized spacial score (nSPS) is 24.2. The standard InChI is InChI=1S/C26H30ClN5O3/c1-25(2)22(26(3,4)23(25)35-18-6-7-20(28-5)19(27)12-18)31-21(34)17-13-29-24(30-14-17)32-10-8-16(15-32)9-11-33/h6-7,11-14,16,22-23H,8-10,15H2,1-4H3,(H,31,34). The van der Waals surface area contributed by atoms with Gasteiger partial charge >= 0.3 is 0 Å². The quantitative estimate of drug-likeness (QED) is 0.442. The number of hydrogen-bond donors (Lipinski definition) is 1. The second kappa shape index (κ2) is 9.46. The minimum absolute atomic E-state index is 0.146. The third-order valence-corrected chi connectivity index (χ3v) is 7.61. The maximum absolute atomic E-state index is 13.0. The van der Waals surface area contributed by atoms with Crippen LogP contribution in [0.2, 0.25) is 5.02 Å². The van der Waals surface area contributed by atoms with Crippen LogP contribution in [0.1, 0.15) is 50.9 Å². The van der Waals surface area contributed by atoms with Gasteiger partial charge in [0.05, 0.1) is 17.2 Å². The molecule has 1 aliphatic heterocycles. The molecule has 1 N–H and O–H groups in total. The third-order valence-electron chi connectivity index (χ3n) is 7.31. The lowest BCUT2D eigenvalue weighted by Gasteiger charge is -2.63. The number of hydrogen-bond acceptors (Lipinski definition) is 6. The van der Waals surface area contributed by atoms with E-state index in [1.807, 2.05) is 4.90 Å². The fourth-order valence-electron chi connectivity index (χ4n) is 5.75. The maximum Gasteiger partial charge on any atom is 0.254 e. The van der Waals surface area contributed by atoms with Gasteiger partial charge in [0.1, 0.15) is 18.1 Å². The van der Waals surface area contributed by atoms with E-state index >= 15 is 0 Å². The predicted octanol–water partition coefficient (Wildman–Crippen LogP) is 4.71. The molecule has 0 radical (unpaired) electrons. The molecular formula is C26H30ClN5O3. The first kappa shape index (κ1) is 24.9. The van der Waals surface area contributed by atoms with Crippen molar-refractivity contribution >= 4 is 35.4 Å². The monoisotopic (exact) mass is 495 g/mol. The first-order chi connectivity index (χ1) is 16.6. The molecule has 2 heterocycles. The summed E-state index contributed by atoms with van der Waals surface area (Å²) >= 11 is 6.18. The SMILES string of the molecule is [C-]#[N+]c1ccc(OC2C(C)(C)C(NC(=O)c3cnc(N4CCC(CC=O)C4)nc3)C2(C)C)cc1Cl. The molecule has 1 aliphatic carbocycles. The van der Waals surface area contributed by atoms with Crippen molar-refractivity contribution in [2.75, 3.05) is 18.0 Å². The van der Waals surface area contributed by atoms with Gasteiger partial charge in [-0.1, -0.05) is 45.4 Å². The Balaban J connectivity index is 1.41. The van der Waals surface area contributed by atoms with Crippen LogP contribution in [0, 0.1) is 23.3 Å². The van der Waals surface area contributed by atoms with Crippen LogP contribution in [0.25, 0.3) is 4.85 Å². The first-order valence-corrected chi connectivity index (χ1v) is 12.1. The highest BCUT2D eigenvalue weighted by Crippen LogP contribution is 2.55. The number of carbonyl (C=O) groups is 2. The smallest absolute Gasteiger partial charge is 0.254 e. The zero-order valence-electron chi connectivity index (χ0n) is 20.4. The summed E-state index contributed by atoms with van der Waals surface area (Å²) in [5.41, 5.74) is 0.0761. The van der Waals surface area contributed by atoms with Crippen molar-refractivity contribution in [2.45, 2.75) is 52.7 Å². The fourth-order valence-corrected chi connectivity index (χ4v) is 5.96. The predicted molar refractivity (Wildman–Crippen MR) is 134 cm³/mol. The molecule has 0 bridgehead atoms. The summed E-state index contributed by atoms with van der Waals surface area (Å²) in [5.74, 6) is 1.28. The molecule has 0 spiro atoms. The van der Waals surface area contributed by atoms with E-state index in [4.69, 9.17) is 22.9 Å². The summed E-state index contributed by atoms with van der Waals surface area (Å²) in [6.45, 7) is 17.0. The molecule has 1 amide bonds. The lowest BCUT2D eigenvalue weighted by molar-refractivity contribution is -0.164. The molecule has 1 aromatic carbocycles. The summed E-state index contributed by atoms with van der Waals surface area (Å²) in [4.78, 5) is 38.0. The molecule has 1 saturated carbocycles. The molecule has 4 rings (SSSR count). The Hall–Kier alpha value is -3.18. The van der Waals surface area contributed by atoms with E-state index in [1.165, 1.54) is 0 Å². The van der Waals surface area contributed by atoms with Gasteiger partial charge in [-0.3, -0.25) is 4.79 Å². The number of aromatic nitrogens is 2. The number of anilines is 1. The van der Waals surface area contributed by atoms with E-state index in [0.717, 1.165) is 25.8 Å². The lowest BCUT2D eigenvalue weighted by Crippen LogP contribution is -2.74. The van der Waals surface area contributed by atoms with Gasteiger partial charge in [0.15, 0.2) is 0 Å². The largest absolute Gasteiger partial charge is 0.489 e. The van der Waals surface area contributed by atoms with Gasteiger partial charge < -0.3 is 19.7 Å². The summed E-state index contributed by atoms with van der Waals surface area (Å²) in [6.07, 6.45) is 5.38. The van der Waals surface area contributed by atoms with E-state index in [-0.39, 0.29) is 28.9 Å². The van der Waals surface area contributed by atoms with Crippen LogP contribution >= 0.6 is 11.6 Å². The minimum atomic E-state index is -0.353. The number of rotatable bonds is 7. The van der Waals surface area contributed by atoms with Crippen molar-refractivity contribution in [3.05, 3.63) is 52.6 Å². The maximum atomic E-state index is 13.0. The Morgan fingerprint density at radius 2 is 1.97 bits per heavy atom. The van der Waals surface area contributed by atoms with E-state index in [9.17, 15) is 9.59 Å². The number of carbonyl (C=O) groups excluding carboxylic acids is 2. The summed E-state index contributed by atoms with van der Waals surface area (Å²) in [7, 11) is 0. The Morgan fingerprint density at radius 3 is 2.57 bits per heavy atom. The van der Waals surface area contributed by atoms with Gasteiger partial charge in [-0.2, -0.15) is 0 Å². The Kier molecular flexibility index (Phi) is 6.74. The van der Waals surface area contributed by atoms with Crippen molar-refractivity contribution in [1.29, 1.82) is 0 Å². The average Bonchev–Trinajstić information content (AvgIpc) is 3.29. The molecular weight excluding hydrogens is 466 g/mol. The first-order valence-electron chi connectivity index (χ1n) is 11.7. The van der Waals surface area contributed by atoms with Crippen molar-refractivity contribution in [3.63, 3.8) is 0 Å². The molecule has 1 unspecified atom stereocenters. The summed E-state index contributed by atoms with van der Waals surface area (Å²) < 4.78 is 6.29.